The zero-order valence-corrected chi connectivity index (χ0v) is 15.0. The molecule has 2 aromatic carbocycles. The summed E-state index contributed by atoms with van der Waals surface area (Å²) in [7, 11) is -4.03. The maximum atomic E-state index is 11.5. The molecule has 1 aromatic heterocycles. The molecule has 3 N–H and O–H groups in total. The van der Waals surface area contributed by atoms with Gasteiger partial charge in [-0.2, -0.15) is 0 Å². The largest absolute Gasteiger partial charge is 0.368 e. The molecule has 0 spiro atoms. The maximum Gasteiger partial charge on any atom is 0.293 e. The molecule has 7 nitrogen and oxygen atoms in total. The Hall–Kier alpha value is -2.75. The summed E-state index contributed by atoms with van der Waals surface area (Å²) >= 11 is 1.52. The highest BCUT2D eigenvalue weighted by Crippen LogP contribution is 2.34. The summed E-state index contributed by atoms with van der Waals surface area (Å²) in [4.78, 5) is 11.5. The number of benzene rings is 2. The Labute approximate surface area is 154 Å². The summed E-state index contributed by atoms with van der Waals surface area (Å²) in [6, 6.07) is 16.6. The number of hydrogen-bond acceptors (Lipinski definition) is 6. The van der Waals surface area contributed by atoms with E-state index >= 15 is 0 Å². The first-order chi connectivity index (χ1) is 12.4. The predicted octanol–water partition coefficient (Wildman–Crippen LogP) is 3.51. The molecule has 0 radical (unpaired) electrons. The van der Waals surface area contributed by atoms with Gasteiger partial charge < -0.3 is 5.32 Å². The molecular weight excluding hydrogens is 374 g/mol. The third-order valence-corrected chi connectivity index (χ3v) is 5.60. The third kappa shape index (κ3) is 3.90. The monoisotopic (exact) mass is 389 g/mol. The number of nitro benzene ring substituents is 1. The van der Waals surface area contributed by atoms with Crippen LogP contribution < -0.4 is 10.5 Å². The van der Waals surface area contributed by atoms with Gasteiger partial charge in [0.25, 0.3) is 5.69 Å². The first kappa shape index (κ1) is 18.1. The van der Waals surface area contributed by atoms with Crippen LogP contribution in [0.15, 0.2) is 70.9 Å². The minimum absolute atomic E-state index is 0.213. The van der Waals surface area contributed by atoms with Crippen molar-refractivity contribution in [2.75, 3.05) is 5.32 Å². The molecule has 0 aliphatic heterocycles. The number of thiophene rings is 1. The van der Waals surface area contributed by atoms with E-state index in [0.29, 0.717) is 0 Å². The summed E-state index contributed by atoms with van der Waals surface area (Å²) in [5.41, 5.74) is 0.790. The molecule has 26 heavy (non-hydrogen) atoms. The Morgan fingerprint density at radius 3 is 2.38 bits per heavy atom. The van der Waals surface area contributed by atoms with Gasteiger partial charge in [-0.15, -0.1) is 11.3 Å². The lowest BCUT2D eigenvalue weighted by Crippen LogP contribution is -2.15. The number of nitrogens with two attached hydrogens (primary N) is 1. The highest BCUT2D eigenvalue weighted by atomic mass is 32.2. The standard InChI is InChI=1S/C17H15N3O4S2/c18-26(23,24)13-8-9-14(15(11-13)20(21)22)19-17(16-7-4-10-25-16)12-5-2-1-3-6-12/h1-11,17,19H,(H2,18,23,24)/t17-/m0/s1. The molecule has 0 aliphatic rings. The molecule has 0 amide bonds. The van der Waals surface area contributed by atoms with Crippen LogP contribution in [-0.2, 0) is 10.0 Å². The second kappa shape index (κ2) is 7.24. The number of rotatable bonds is 6. The molecular formula is C17H15N3O4S2. The van der Waals surface area contributed by atoms with Gasteiger partial charge in [0, 0.05) is 10.9 Å². The van der Waals surface area contributed by atoms with Crippen molar-refractivity contribution in [1.29, 1.82) is 0 Å². The van der Waals surface area contributed by atoms with E-state index in [9.17, 15) is 18.5 Å². The molecule has 0 fully saturated rings. The maximum absolute atomic E-state index is 11.5. The molecule has 0 saturated carbocycles. The quantitative estimate of drug-likeness (QED) is 0.494. The fourth-order valence-corrected chi connectivity index (χ4v) is 3.87. The Kier molecular flexibility index (Phi) is 5.03. The van der Waals surface area contributed by atoms with Crippen LogP contribution in [0.5, 0.6) is 0 Å². The van der Waals surface area contributed by atoms with E-state index in [-0.39, 0.29) is 22.3 Å². The lowest BCUT2D eigenvalue weighted by Gasteiger charge is -2.19. The predicted molar refractivity (Wildman–Crippen MR) is 101 cm³/mol. The van der Waals surface area contributed by atoms with Gasteiger partial charge in [-0.1, -0.05) is 36.4 Å². The van der Waals surface area contributed by atoms with E-state index in [1.807, 2.05) is 47.8 Å². The fourth-order valence-electron chi connectivity index (χ4n) is 2.54. The lowest BCUT2D eigenvalue weighted by atomic mass is 10.0. The van der Waals surface area contributed by atoms with Crippen LogP contribution >= 0.6 is 11.3 Å². The van der Waals surface area contributed by atoms with E-state index in [4.69, 9.17) is 5.14 Å². The van der Waals surface area contributed by atoms with Gasteiger partial charge in [0.05, 0.1) is 15.9 Å². The van der Waals surface area contributed by atoms with E-state index < -0.39 is 14.9 Å². The molecule has 134 valence electrons. The molecule has 3 aromatic rings. The summed E-state index contributed by atoms with van der Waals surface area (Å²) < 4.78 is 23.0. The van der Waals surface area contributed by atoms with Crippen LogP contribution in [-0.4, -0.2) is 13.3 Å². The minimum Gasteiger partial charge on any atom is -0.368 e. The fraction of sp³-hybridized carbons (Fsp3) is 0.0588. The molecule has 0 aliphatic carbocycles. The van der Waals surface area contributed by atoms with Crippen molar-refractivity contribution in [1.82, 2.24) is 0 Å². The molecule has 3 rings (SSSR count). The van der Waals surface area contributed by atoms with Gasteiger partial charge in [-0.25, -0.2) is 13.6 Å². The highest BCUT2D eigenvalue weighted by molar-refractivity contribution is 7.89. The van der Waals surface area contributed by atoms with Crippen molar-refractivity contribution in [2.24, 2.45) is 5.14 Å². The summed E-state index contributed by atoms with van der Waals surface area (Å²) in [6.45, 7) is 0. The van der Waals surface area contributed by atoms with Crippen LogP contribution in [0.25, 0.3) is 0 Å². The number of nitrogens with zero attached hydrogens (tertiary/aromatic N) is 1. The van der Waals surface area contributed by atoms with Crippen molar-refractivity contribution in [3.63, 3.8) is 0 Å². The van der Waals surface area contributed by atoms with Gasteiger partial charge in [0.2, 0.25) is 10.0 Å². The Morgan fingerprint density at radius 1 is 1.08 bits per heavy atom. The van der Waals surface area contributed by atoms with Crippen LogP contribution in [0, 0.1) is 10.1 Å². The first-order valence-electron chi connectivity index (χ1n) is 7.52. The zero-order chi connectivity index (χ0) is 18.7. The van der Waals surface area contributed by atoms with E-state index in [0.717, 1.165) is 16.5 Å². The number of hydrogen-bond donors (Lipinski definition) is 2. The van der Waals surface area contributed by atoms with Crippen molar-refractivity contribution in [2.45, 2.75) is 10.9 Å². The van der Waals surface area contributed by atoms with Gasteiger partial charge in [0.1, 0.15) is 5.69 Å². The van der Waals surface area contributed by atoms with Crippen LogP contribution in [0.3, 0.4) is 0 Å². The Balaban J connectivity index is 2.06. The van der Waals surface area contributed by atoms with Gasteiger partial charge in [0.15, 0.2) is 0 Å². The van der Waals surface area contributed by atoms with E-state index in [2.05, 4.69) is 5.32 Å². The molecule has 1 heterocycles. The molecule has 0 bridgehead atoms. The molecule has 0 unspecified atom stereocenters. The minimum atomic E-state index is -4.03. The Morgan fingerprint density at radius 2 is 1.81 bits per heavy atom. The van der Waals surface area contributed by atoms with Crippen molar-refractivity contribution in [3.8, 4) is 0 Å². The average molecular weight is 389 g/mol. The van der Waals surface area contributed by atoms with Crippen molar-refractivity contribution >= 4 is 32.7 Å². The number of nitro groups is 1. The smallest absolute Gasteiger partial charge is 0.293 e. The molecule has 0 saturated heterocycles. The average Bonchev–Trinajstić information content (AvgIpc) is 3.13. The SMILES string of the molecule is NS(=O)(=O)c1ccc(N[C@@H](c2ccccc2)c2cccs2)c([N+](=O)[O-])c1. The first-order valence-corrected chi connectivity index (χ1v) is 9.95. The third-order valence-electron chi connectivity index (χ3n) is 3.75. The number of sulfonamides is 1. The normalized spacial score (nSPS) is 12.5. The van der Waals surface area contributed by atoms with E-state index in [1.54, 1.807) is 0 Å². The lowest BCUT2D eigenvalue weighted by molar-refractivity contribution is -0.384. The van der Waals surface area contributed by atoms with Crippen LogP contribution in [0.4, 0.5) is 11.4 Å². The second-order valence-corrected chi connectivity index (χ2v) is 8.03. The molecule has 9 heteroatoms. The van der Waals surface area contributed by atoms with Crippen molar-refractivity contribution in [3.05, 3.63) is 86.6 Å². The number of nitrogens with one attached hydrogen (secondary N) is 1. The van der Waals surface area contributed by atoms with Gasteiger partial charge in [-0.05, 0) is 29.1 Å². The number of primary sulfonamides is 1. The topological polar surface area (TPSA) is 115 Å². The summed E-state index contributed by atoms with van der Waals surface area (Å²) in [6.07, 6.45) is 0. The van der Waals surface area contributed by atoms with Crippen LogP contribution in [0.1, 0.15) is 16.5 Å². The summed E-state index contributed by atoms with van der Waals surface area (Å²) in [5.74, 6) is 0. The van der Waals surface area contributed by atoms with Crippen molar-refractivity contribution < 1.29 is 13.3 Å². The van der Waals surface area contributed by atoms with E-state index in [1.165, 1.54) is 23.5 Å². The highest BCUT2D eigenvalue weighted by Gasteiger charge is 2.23. The van der Waals surface area contributed by atoms with Crippen LogP contribution in [0.2, 0.25) is 0 Å². The second-order valence-electron chi connectivity index (χ2n) is 5.48. The number of anilines is 1. The van der Waals surface area contributed by atoms with Gasteiger partial charge in [-0.3, -0.25) is 10.1 Å². The van der Waals surface area contributed by atoms with Gasteiger partial charge >= 0.3 is 0 Å². The zero-order valence-electron chi connectivity index (χ0n) is 13.4. The summed E-state index contributed by atoms with van der Waals surface area (Å²) in [5, 5.41) is 21.6. The molecule has 1 atom stereocenters. The Bertz CT molecular complexity index is 1020.